The van der Waals surface area contributed by atoms with Crippen LogP contribution < -0.4 is 5.32 Å². The van der Waals surface area contributed by atoms with Crippen LogP contribution in [-0.2, 0) is 11.3 Å². The third kappa shape index (κ3) is 4.13. The number of nitrogens with one attached hydrogen (secondary N) is 1. The van der Waals surface area contributed by atoms with Crippen LogP contribution in [-0.4, -0.2) is 17.2 Å². The Morgan fingerprint density at radius 2 is 1.82 bits per heavy atom. The van der Waals surface area contributed by atoms with Gasteiger partial charge >= 0.3 is 12.1 Å². The minimum Gasteiger partial charge on any atom is -0.478 e. The molecule has 7 heteroatoms. The average molecular weight is 340 g/mol. The number of anilines is 1. The van der Waals surface area contributed by atoms with E-state index in [1.54, 1.807) is 0 Å². The van der Waals surface area contributed by atoms with E-state index in [4.69, 9.17) is 33.0 Å². The van der Waals surface area contributed by atoms with Crippen LogP contribution in [0.1, 0.15) is 15.9 Å². The number of hydrogen-bond acceptors (Lipinski definition) is 3. The minimum atomic E-state index is -1.24. The summed E-state index contributed by atoms with van der Waals surface area (Å²) in [6.07, 6.45) is -0.724. The zero-order valence-electron chi connectivity index (χ0n) is 11.2. The summed E-state index contributed by atoms with van der Waals surface area (Å²) < 4.78 is 5.03. The van der Waals surface area contributed by atoms with Crippen LogP contribution in [0.5, 0.6) is 0 Å². The molecule has 0 spiro atoms. The molecule has 0 radical (unpaired) electrons. The molecule has 2 aromatic carbocycles. The van der Waals surface area contributed by atoms with E-state index < -0.39 is 12.1 Å². The number of benzene rings is 2. The fraction of sp³-hybridized carbons (Fsp3) is 0.0667. The maximum absolute atomic E-state index is 11.7. The standard InChI is InChI=1S/C15H11Cl2NO4/c16-12-7-10(6-11(13(12)17)14(19)20)18-15(21)22-8-9-4-2-1-3-5-9/h1-7H,8H2,(H,18,21)(H,19,20). The molecule has 0 saturated carbocycles. The number of rotatable bonds is 4. The molecule has 0 atom stereocenters. The number of hydrogen-bond donors (Lipinski definition) is 2. The van der Waals surface area contributed by atoms with Crippen molar-refractivity contribution in [1.82, 2.24) is 0 Å². The van der Waals surface area contributed by atoms with Gasteiger partial charge in [-0.3, -0.25) is 5.32 Å². The van der Waals surface area contributed by atoms with Gasteiger partial charge in [-0.05, 0) is 17.7 Å². The zero-order chi connectivity index (χ0) is 16.1. The average Bonchev–Trinajstić information content (AvgIpc) is 2.49. The Bertz CT molecular complexity index is 704. The lowest BCUT2D eigenvalue weighted by Gasteiger charge is -2.09. The van der Waals surface area contributed by atoms with E-state index in [-0.39, 0.29) is 27.9 Å². The van der Waals surface area contributed by atoms with Gasteiger partial charge < -0.3 is 9.84 Å². The highest BCUT2D eigenvalue weighted by Gasteiger charge is 2.15. The van der Waals surface area contributed by atoms with Crippen molar-refractivity contribution >= 4 is 41.0 Å². The van der Waals surface area contributed by atoms with Gasteiger partial charge in [0.15, 0.2) is 0 Å². The van der Waals surface area contributed by atoms with Crippen LogP contribution >= 0.6 is 23.2 Å². The zero-order valence-corrected chi connectivity index (χ0v) is 12.7. The maximum atomic E-state index is 11.7. The van der Waals surface area contributed by atoms with Gasteiger partial charge in [0.1, 0.15) is 6.61 Å². The summed E-state index contributed by atoms with van der Waals surface area (Å²) in [7, 11) is 0. The molecule has 2 N–H and O–H groups in total. The summed E-state index contributed by atoms with van der Waals surface area (Å²) >= 11 is 11.6. The lowest BCUT2D eigenvalue weighted by Crippen LogP contribution is -2.14. The predicted octanol–water partition coefficient (Wildman–Crippen LogP) is 4.44. The van der Waals surface area contributed by atoms with E-state index >= 15 is 0 Å². The third-order valence-corrected chi connectivity index (χ3v) is 3.52. The van der Waals surface area contributed by atoms with Crippen molar-refractivity contribution in [2.45, 2.75) is 6.61 Å². The molecule has 5 nitrogen and oxygen atoms in total. The van der Waals surface area contributed by atoms with Crippen molar-refractivity contribution in [2.75, 3.05) is 5.32 Å². The van der Waals surface area contributed by atoms with Gasteiger partial charge in [0.05, 0.1) is 15.6 Å². The molecule has 0 unspecified atom stereocenters. The van der Waals surface area contributed by atoms with Gasteiger partial charge in [-0.15, -0.1) is 0 Å². The Morgan fingerprint density at radius 1 is 1.14 bits per heavy atom. The fourth-order valence-corrected chi connectivity index (χ4v) is 2.10. The first-order chi connectivity index (χ1) is 10.5. The second-order valence-corrected chi connectivity index (χ2v) is 5.10. The molecule has 0 bridgehead atoms. The maximum Gasteiger partial charge on any atom is 0.411 e. The summed E-state index contributed by atoms with van der Waals surface area (Å²) in [5.41, 5.74) is 0.815. The Labute approximate surface area is 136 Å². The molecule has 0 fully saturated rings. The number of ether oxygens (including phenoxy) is 1. The molecule has 0 heterocycles. The summed E-state index contributed by atoms with van der Waals surface area (Å²) in [4.78, 5) is 22.7. The molecule has 1 amide bonds. The Morgan fingerprint density at radius 3 is 2.45 bits per heavy atom. The lowest BCUT2D eigenvalue weighted by atomic mass is 10.2. The second kappa shape index (κ2) is 7.15. The molecular formula is C15H11Cl2NO4. The number of carbonyl (C=O) groups is 2. The van der Waals surface area contributed by atoms with Crippen LogP contribution in [0.3, 0.4) is 0 Å². The number of aromatic carboxylic acids is 1. The van der Waals surface area contributed by atoms with E-state index in [2.05, 4.69) is 5.32 Å². The topological polar surface area (TPSA) is 75.6 Å². The highest BCUT2D eigenvalue weighted by Crippen LogP contribution is 2.30. The first-order valence-electron chi connectivity index (χ1n) is 6.17. The Kier molecular flexibility index (Phi) is 5.25. The van der Waals surface area contributed by atoms with Crippen LogP contribution in [0.25, 0.3) is 0 Å². The van der Waals surface area contributed by atoms with Gasteiger partial charge in [0, 0.05) is 5.69 Å². The number of amides is 1. The molecule has 2 rings (SSSR count). The number of carboxylic acid groups (broad SMARTS) is 1. The Hall–Kier alpha value is -2.24. The molecule has 0 aliphatic carbocycles. The number of carbonyl (C=O) groups excluding carboxylic acids is 1. The lowest BCUT2D eigenvalue weighted by molar-refractivity contribution is 0.0697. The highest BCUT2D eigenvalue weighted by atomic mass is 35.5. The first-order valence-corrected chi connectivity index (χ1v) is 6.93. The van der Waals surface area contributed by atoms with Gasteiger partial charge in [0.2, 0.25) is 0 Å². The van der Waals surface area contributed by atoms with Crippen LogP contribution in [0, 0.1) is 0 Å². The molecular weight excluding hydrogens is 329 g/mol. The first kappa shape index (κ1) is 16.1. The molecule has 2 aromatic rings. The summed E-state index contributed by atoms with van der Waals surface area (Å²) in [5, 5.41) is 11.4. The number of carboxylic acids is 1. The van der Waals surface area contributed by atoms with Gasteiger partial charge in [-0.1, -0.05) is 53.5 Å². The fourth-order valence-electron chi connectivity index (χ4n) is 1.69. The van der Waals surface area contributed by atoms with Crippen molar-refractivity contribution in [3.63, 3.8) is 0 Å². The molecule has 114 valence electrons. The molecule has 22 heavy (non-hydrogen) atoms. The van der Waals surface area contributed by atoms with Crippen molar-refractivity contribution in [2.24, 2.45) is 0 Å². The SMILES string of the molecule is O=C(Nc1cc(Cl)c(Cl)c(C(=O)O)c1)OCc1ccccc1. The van der Waals surface area contributed by atoms with Gasteiger partial charge in [-0.2, -0.15) is 0 Å². The minimum absolute atomic E-state index is 0.0277. The summed E-state index contributed by atoms with van der Waals surface area (Å²) in [6.45, 7) is 0.0970. The molecule has 0 aromatic heterocycles. The quantitative estimate of drug-likeness (QED) is 0.863. The molecule has 0 aliphatic heterocycles. The van der Waals surface area contributed by atoms with Crippen molar-refractivity contribution in [3.8, 4) is 0 Å². The molecule has 0 aliphatic rings. The second-order valence-electron chi connectivity index (χ2n) is 4.31. The van der Waals surface area contributed by atoms with E-state index in [1.807, 2.05) is 30.3 Å². The van der Waals surface area contributed by atoms with Crippen molar-refractivity contribution < 1.29 is 19.4 Å². The summed E-state index contributed by atoms with van der Waals surface area (Å²) in [5.74, 6) is -1.24. The van der Waals surface area contributed by atoms with Crippen molar-refractivity contribution in [1.29, 1.82) is 0 Å². The Balaban J connectivity index is 2.04. The van der Waals surface area contributed by atoms with Crippen LogP contribution in [0.2, 0.25) is 10.0 Å². The normalized spacial score (nSPS) is 10.1. The van der Waals surface area contributed by atoms with Crippen molar-refractivity contribution in [3.05, 3.63) is 63.6 Å². The van der Waals surface area contributed by atoms with E-state index in [0.717, 1.165) is 5.56 Å². The summed E-state index contributed by atoms with van der Waals surface area (Å²) in [6, 6.07) is 11.7. The van der Waals surface area contributed by atoms with E-state index in [0.29, 0.717) is 0 Å². The van der Waals surface area contributed by atoms with Gasteiger partial charge in [0.25, 0.3) is 0 Å². The highest BCUT2D eigenvalue weighted by molar-refractivity contribution is 6.44. The van der Waals surface area contributed by atoms with Crippen LogP contribution in [0.4, 0.5) is 10.5 Å². The predicted molar refractivity (Wildman–Crippen MR) is 83.7 cm³/mol. The van der Waals surface area contributed by atoms with E-state index in [1.165, 1.54) is 12.1 Å². The monoisotopic (exact) mass is 339 g/mol. The molecule has 0 saturated heterocycles. The number of halogens is 2. The van der Waals surface area contributed by atoms with E-state index in [9.17, 15) is 9.59 Å². The van der Waals surface area contributed by atoms with Crippen LogP contribution in [0.15, 0.2) is 42.5 Å². The smallest absolute Gasteiger partial charge is 0.411 e. The van der Waals surface area contributed by atoms with Gasteiger partial charge in [-0.25, -0.2) is 9.59 Å². The largest absolute Gasteiger partial charge is 0.478 e. The third-order valence-electron chi connectivity index (χ3n) is 2.72.